The van der Waals surface area contributed by atoms with Crippen LogP contribution in [0, 0.1) is 0 Å². The lowest BCUT2D eigenvalue weighted by molar-refractivity contribution is 0.122. The average molecular weight is 492 g/mol. The molecule has 176 valence electrons. The minimum Gasteiger partial charge on any atom is -0.378 e. The van der Waals surface area contributed by atoms with E-state index in [4.69, 9.17) is 14.7 Å². The van der Waals surface area contributed by atoms with Crippen molar-refractivity contribution in [2.75, 3.05) is 43.1 Å². The molecule has 6 nitrogen and oxygen atoms in total. The van der Waals surface area contributed by atoms with E-state index >= 15 is 0 Å². The van der Waals surface area contributed by atoms with Crippen molar-refractivity contribution >= 4 is 55.2 Å². The maximum Gasteiger partial charge on any atom is 0.147 e. The van der Waals surface area contributed by atoms with Gasteiger partial charge in [0.15, 0.2) is 0 Å². The number of rotatable bonds is 5. The summed E-state index contributed by atoms with van der Waals surface area (Å²) in [5.74, 6) is 3.05. The van der Waals surface area contributed by atoms with E-state index in [1.54, 1.807) is 17.7 Å². The van der Waals surface area contributed by atoms with Crippen LogP contribution in [0.5, 0.6) is 0 Å². The van der Waals surface area contributed by atoms with Crippen LogP contribution < -0.4 is 10.2 Å². The Morgan fingerprint density at radius 3 is 2.74 bits per heavy atom. The molecule has 1 aromatic carbocycles. The molecule has 8 heteroatoms. The number of thioether (sulfide) groups is 1. The molecule has 5 heterocycles. The van der Waals surface area contributed by atoms with Crippen LogP contribution in [0.15, 0.2) is 36.7 Å². The van der Waals surface area contributed by atoms with Crippen LogP contribution in [0.3, 0.4) is 0 Å². The summed E-state index contributed by atoms with van der Waals surface area (Å²) in [6.07, 6.45) is 3.68. The quantitative estimate of drug-likeness (QED) is 0.406. The maximum absolute atomic E-state index is 5.62. The molecular weight excluding hydrogens is 462 g/mol. The molecule has 1 N–H and O–H groups in total. The molecule has 3 aromatic heterocycles. The molecule has 1 fully saturated rings. The standard InChI is InChI=1S/C26H29N5OS2/c1-26(2)14-18-19(15-33-26)24(31-10-12-32-13-11-31)30-25-20(18)21-22(34-25)23(29-16-28-21)27-9-8-17-6-4-3-5-7-17/h3-7,16H,8-15H2,1-2H3,(H,27,28,29). The molecule has 0 atom stereocenters. The Kier molecular flexibility index (Phi) is 5.83. The first kappa shape index (κ1) is 22.1. The normalized spacial score (nSPS) is 17.8. The van der Waals surface area contributed by atoms with Gasteiger partial charge < -0.3 is 15.0 Å². The van der Waals surface area contributed by atoms with Gasteiger partial charge in [-0.2, -0.15) is 11.8 Å². The lowest BCUT2D eigenvalue weighted by Crippen LogP contribution is -2.38. The van der Waals surface area contributed by atoms with E-state index in [1.165, 1.54) is 22.1 Å². The van der Waals surface area contributed by atoms with Crippen LogP contribution in [-0.4, -0.2) is 52.5 Å². The van der Waals surface area contributed by atoms with Crippen molar-refractivity contribution in [2.45, 2.75) is 37.2 Å². The summed E-state index contributed by atoms with van der Waals surface area (Å²) in [6, 6.07) is 10.6. The first-order valence-corrected chi connectivity index (χ1v) is 13.7. The first-order chi connectivity index (χ1) is 16.6. The molecule has 1 saturated heterocycles. The number of pyridine rings is 1. The Morgan fingerprint density at radius 1 is 1.09 bits per heavy atom. The number of thiophene rings is 1. The topological polar surface area (TPSA) is 63.2 Å². The number of hydrogen-bond donors (Lipinski definition) is 1. The second kappa shape index (κ2) is 8.98. The fraction of sp³-hybridized carbons (Fsp3) is 0.423. The molecule has 2 aliphatic rings. The van der Waals surface area contributed by atoms with Gasteiger partial charge in [-0.1, -0.05) is 44.2 Å². The number of benzene rings is 1. The number of nitrogens with one attached hydrogen (secondary N) is 1. The van der Waals surface area contributed by atoms with E-state index in [1.807, 2.05) is 11.8 Å². The second-order valence-corrected chi connectivity index (χ2v) is 12.2. The third kappa shape index (κ3) is 4.12. The Morgan fingerprint density at radius 2 is 1.91 bits per heavy atom. The summed E-state index contributed by atoms with van der Waals surface area (Å²) < 4.78 is 6.92. The Bertz CT molecular complexity index is 1330. The predicted octanol–water partition coefficient (Wildman–Crippen LogP) is 5.30. The van der Waals surface area contributed by atoms with Crippen molar-refractivity contribution in [3.05, 3.63) is 53.3 Å². The SMILES string of the molecule is CC1(C)Cc2c(c(N3CCOCC3)nc3sc4c(NCCc5ccccc5)ncnc4c23)CS1. The molecule has 34 heavy (non-hydrogen) atoms. The molecule has 0 amide bonds. The van der Waals surface area contributed by atoms with Gasteiger partial charge in [0.05, 0.1) is 23.4 Å². The molecule has 0 unspecified atom stereocenters. The van der Waals surface area contributed by atoms with E-state index in [9.17, 15) is 0 Å². The highest BCUT2D eigenvalue weighted by Crippen LogP contribution is 2.47. The molecule has 2 aliphatic heterocycles. The lowest BCUT2D eigenvalue weighted by atomic mass is 9.94. The van der Waals surface area contributed by atoms with Crippen LogP contribution >= 0.6 is 23.1 Å². The Balaban J connectivity index is 1.43. The van der Waals surface area contributed by atoms with Crippen molar-refractivity contribution in [2.24, 2.45) is 0 Å². The largest absolute Gasteiger partial charge is 0.378 e. The van der Waals surface area contributed by atoms with E-state index in [-0.39, 0.29) is 4.75 Å². The number of morpholine rings is 1. The van der Waals surface area contributed by atoms with Crippen molar-refractivity contribution < 1.29 is 4.74 Å². The Hall–Kier alpha value is -2.42. The maximum atomic E-state index is 5.62. The zero-order valence-electron chi connectivity index (χ0n) is 19.6. The molecule has 0 spiro atoms. The van der Waals surface area contributed by atoms with E-state index in [2.05, 4.69) is 59.4 Å². The van der Waals surface area contributed by atoms with Crippen molar-refractivity contribution in [3.63, 3.8) is 0 Å². The van der Waals surface area contributed by atoms with Crippen molar-refractivity contribution in [3.8, 4) is 0 Å². The minimum absolute atomic E-state index is 0.196. The summed E-state index contributed by atoms with van der Waals surface area (Å²) >= 11 is 3.75. The monoisotopic (exact) mass is 491 g/mol. The molecule has 4 aromatic rings. The van der Waals surface area contributed by atoms with Crippen LogP contribution in [0.1, 0.15) is 30.5 Å². The zero-order valence-corrected chi connectivity index (χ0v) is 21.3. The number of hydrogen-bond acceptors (Lipinski definition) is 8. The number of ether oxygens (including phenoxy) is 1. The van der Waals surface area contributed by atoms with Crippen LogP contribution in [0.2, 0.25) is 0 Å². The summed E-state index contributed by atoms with van der Waals surface area (Å²) in [6.45, 7) is 8.86. The number of fused-ring (bicyclic) bond motifs is 5. The van der Waals surface area contributed by atoms with Crippen LogP contribution in [0.25, 0.3) is 20.4 Å². The van der Waals surface area contributed by atoms with E-state index < -0.39 is 0 Å². The van der Waals surface area contributed by atoms with Crippen LogP contribution in [-0.2, 0) is 23.3 Å². The third-order valence-electron chi connectivity index (χ3n) is 6.67. The van der Waals surface area contributed by atoms with E-state index in [0.717, 1.165) is 78.1 Å². The predicted molar refractivity (Wildman–Crippen MR) is 143 cm³/mol. The fourth-order valence-corrected chi connectivity index (χ4v) is 7.13. The second-order valence-electron chi connectivity index (χ2n) is 9.56. The molecule has 6 rings (SSSR count). The van der Waals surface area contributed by atoms with Gasteiger partial charge in [0, 0.05) is 41.1 Å². The average Bonchev–Trinajstić information content (AvgIpc) is 3.24. The number of anilines is 2. The van der Waals surface area contributed by atoms with Crippen molar-refractivity contribution in [1.29, 1.82) is 0 Å². The molecule has 0 aliphatic carbocycles. The molecule has 0 bridgehead atoms. The highest BCUT2D eigenvalue weighted by molar-refractivity contribution is 7.99. The smallest absolute Gasteiger partial charge is 0.147 e. The lowest BCUT2D eigenvalue weighted by Gasteiger charge is -2.35. The summed E-state index contributed by atoms with van der Waals surface area (Å²) in [5, 5.41) is 4.80. The van der Waals surface area contributed by atoms with E-state index in [0.29, 0.717) is 0 Å². The molecule has 0 radical (unpaired) electrons. The molecular formula is C26H29N5OS2. The fourth-order valence-electron chi connectivity index (χ4n) is 4.92. The zero-order chi connectivity index (χ0) is 23.1. The van der Waals surface area contributed by atoms with Crippen LogP contribution in [0.4, 0.5) is 11.6 Å². The first-order valence-electron chi connectivity index (χ1n) is 11.9. The highest BCUT2D eigenvalue weighted by Gasteiger charge is 2.33. The van der Waals surface area contributed by atoms with Gasteiger partial charge in [-0.05, 0) is 24.0 Å². The number of nitrogens with zero attached hydrogens (tertiary/aromatic N) is 4. The van der Waals surface area contributed by atoms with Gasteiger partial charge in [0.1, 0.15) is 22.8 Å². The van der Waals surface area contributed by atoms with Gasteiger partial charge in [-0.15, -0.1) is 11.3 Å². The highest BCUT2D eigenvalue weighted by atomic mass is 32.2. The summed E-state index contributed by atoms with van der Waals surface area (Å²) in [4.78, 5) is 18.1. The van der Waals surface area contributed by atoms with Gasteiger partial charge in [-0.25, -0.2) is 15.0 Å². The molecule has 0 saturated carbocycles. The summed E-state index contributed by atoms with van der Waals surface area (Å²) in [7, 11) is 0. The van der Waals surface area contributed by atoms with Gasteiger partial charge >= 0.3 is 0 Å². The van der Waals surface area contributed by atoms with Gasteiger partial charge in [0.2, 0.25) is 0 Å². The number of aromatic nitrogens is 3. The van der Waals surface area contributed by atoms with Gasteiger partial charge in [-0.3, -0.25) is 0 Å². The van der Waals surface area contributed by atoms with Crippen molar-refractivity contribution in [1.82, 2.24) is 15.0 Å². The third-order valence-corrected chi connectivity index (χ3v) is 9.10. The van der Waals surface area contributed by atoms with Gasteiger partial charge in [0.25, 0.3) is 0 Å². The Labute approximate surface area is 208 Å². The minimum atomic E-state index is 0.196. The summed E-state index contributed by atoms with van der Waals surface area (Å²) in [5.41, 5.74) is 5.17.